The van der Waals surface area contributed by atoms with Crippen molar-refractivity contribution in [1.29, 1.82) is 0 Å². The van der Waals surface area contributed by atoms with Gasteiger partial charge in [0, 0.05) is 18.4 Å². The monoisotopic (exact) mass is 284 g/mol. The fourth-order valence-corrected chi connectivity index (χ4v) is 2.87. The molecule has 1 atom stereocenters. The van der Waals surface area contributed by atoms with E-state index >= 15 is 0 Å². The summed E-state index contributed by atoms with van der Waals surface area (Å²) < 4.78 is 5.62. The number of rotatable bonds is 4. The maximum Gasteiger partial charge on any atom is 0.164 e. The molecule has 110 valence electrons. The molecule has 0 saturated carbocycles. The molecule has 3 N–H and O–H groups in total. The highest BCUT2D eigenvalue weighted by atomic mass is 16.5. The summed E-state index contributed by atoms with van der Waals surface area (Å²) in [4.78, 5) is 9.32. The zero-order chi connectivity index (χ0) is 14.7. The van der Waals surface area contributed by atoms with E-state index in [-0.39, 0.29) is 6.10 Å². The van der Waals surface area contributed by atoms with Gasteiger partial charge in [-0.1, -0.05) is 30.3 Å². The van der Waals surface area contributed by atoms with Gasteiger partial charge in [0.05, 0.1) is 0 Å². The fraction of sp³-hybridized carbons (Fsp3) is 0.375. The molecular formula is C16H20N4O. The highest BCUT2D eigenvalue weighted by Crippen LogP contribution is 2.29. The molecular weight excluding hydrogens is 264 g/mol. The Labute approximate surface area is 124 Å². The summed E-state index contributed by atoms with van der Waals surface area (Å²) in [6, 6.07) is 10.00. The number of nitrogens with one attached hydrogen (secondary N) is 1. The van der Waals surface area contributed by atoms with Crippen LogP contribution in [-0.4, -0.2) is 17.1 Å². The third kappa shape index (κ3) is 2.75. The van der Waals surface area contributed by atoms with Gasteiger partial charge in [-0.05, 0) is 31.2 Å². The van der Waals surface area contributed by atoms with Crippen LogP contribution in [0.4, 0.5) is 5.82 Å². The molecule has 0 spiro atoms. The van der Waals surface area contributed by atoms with Crippen LogP contribution in [0.2, 0.25) is 0 Å². The highest BCUT2D eigenvalue weighted by molar-refractivity contribution is 5.47. The van der Waals surface area contributed by atoms with Gasteiger partial charge in [0.2, 0.25) is 0 Å². The number of anilines is 1. The zero-order valence-corrected chi connectivity index (χ0v) is 12.2. The van der Waals surface area contributed by atoms with Crippen LogP contribution < -0.4 is 11.3 Å². The first-order valence-corrected chi connectivity index (χ1v) is 7.27. The lowest BCUT2D eigenvalue weighted by molar-refractivity contribution is 0.129. The average molecular weight is 284 g/mol. The normalized spacial score (nSPS) is 15.3. The van der Waals surface area contributed by atoms with Crippen LogP contribution in [-0.2, 0) is 17.6 Å². The number of nitrogens with two attached hydrogens (primary N) is 1. The van der Waals surface area contributed by atoms with Crippen molar-refractivity contribution >= 4 is 5.82 Å². The molecule has 3 rings (SSSR count). The second-order valence-corrected chi connectivity index (χ2v) is 5.23. The van der Waals surface area contributed by atoms with Crippen molar-refractivity contribution < 1.29 is 4.74 Å². The number of aromatic nitrogens is 2. The maximum atomic E-state index is 5.64. The van der Waals surface area contributed by atoms with Crippen molar-refractivity contribution in [1.82, 2.24) is 9.97 Å². The number of aryl methyl sites for hydroxylation is 1. The summed E-state index contributed by atoms with van der Waals surface area (Å²) >= 11 is 0. The topological polar surface area (TPSA) is 73.1 Å². The van der Waals surface area contributed by atoms with Crippen LogP contribution in [0.3, 0.4) is 0 Å². The summed E-state index contributed by atoms with van der Waals surface area (Å²) in [5.41, 5.74) is 6.00. The molecule has 0 saturated heterocycles. The quantitative estimate of drug-likeness (QED) is 0.666. The van der Waals surface area contributed by atoms with Gasteiger partial charge in [0.1, 0.15) is 11.9 Å². The van der Waals surface area contributed by atoms with Crippen LogP contribution in [0, 0.1) is 0 Å². The Morgan fingerprint density at radius 2 is 1.90 bits per heavy atom. The molecule has 0 fully saturated rings. The maximum absolute atomic E-state index is 5.64. The van der Waals surface area contributed by atoms with Crippen LogP contribution in [0.15, 0.2) is 30.3 Å². The highest BCUT2D eigenvalue weighted by Gasteiger charge is 2.22. The molecule has 1 aliphatic rings. The summed E-state index contributed by atoms with van der Waals surface area (Å²) in [7, 11) is 1.68. The van der Waals surface area contributed by atoms with Crippen molar-refractivity contribution in [2.24, 2.45) is 5.84 Å². The Morgan fingerprint density at radius 3 is 2.62 bits per heavy atom. The number of nitrogens with zero attached hydrogens (tertiary/aromatic N) is 2. The van der Waals surface area contributed by atoms with E-state index in [4.69, 9.17) is 15.6 Å². The molecule has 21 heavy (non-hydrogen) atoms. The Hall–Kier alpha value is -1.98. The van der Waals surface area contributed by atoms with Crippen molar-refractivity contribution in [3.8, 4) is 0 Å². The molecule has 5 nitrogen and oxygen atoms in total. The van der Waals surface area contributed by atoms with Gasteiger partial charge in [0.15, 0.2) is 5.82 Å². The molecule has 2 aromatic rings. The van der Waals surface area contributed by atoms with E-state index in [9.17, 15) is 0 Å². The molecule has 5 heteroatoms. The van der Waals surface area contributed by atoms with Gasteiger partial charge in [0.25, 0.3) is 0 Å². The van der Waals surface area contributed by atoms with Gasteiger partial charge in [-0.25, -0.2) is 15.8 Å². The van der Waals surface area contributed by atoms with E-state index in [1.807, 2.05) is 30.3 Å². The smallest absolute Gasteiger partial charge is 0.164 e. The number of nitrogen functional groups attached to an aromatic ring is 1. The Kier molecular flexibility index (Phi) is 4.13. The molecule has 0 bridgehead atoms. The van der Waals surface area contributed by atoms with Crippen molar-refractivity contribution in [2.75, 3.05) is 12.5 Å². The number of ether oxygens (including phenoxy) is 1. The van der Waals surface area contributed by atoms with Gasteiger partial charge in [-0.3, -0.25) is 0 Å². The van der Waals surface area contributed by atoms with E-state index in [1.165, 1.54) is 0 Å². The van der Waals surface area contributed by atoms with Crippen molar-refractivity contribution in [3.05, 3.63) is 53.0 Å². The number of hydrogen-bond acceptors (Lipinski definition) is 5. The Balaban J connectivity index is 2.05. The lowest BCUT2D eigenvalue weighted by Gasteiger charge is -2.21. The molecule has 1 aromatic carbocycles. The first-order valence-electron chi connectivity index (χ1n) is 7.27. The number of hydrogen-bond donors (Lipinski definition) is 2. The molecule has 0 radical (unpaired) electrons. The minimum absolute atomic E-state index is 0.273. The number of hydrazine groups is 1. The molecule has 0 aliphatic heterocycles. The van der Waals surface area contributed by atoms with Crippen LogP contribution in [0.1, 0.15) is 41.6 Å². The van der Waals surface area contributed by atoms with E-state index in [0.29, 0.717) is 5.82 Å². The van der Waals surface area contributed by atoms with E-state index in [2.05, 4.69) is 10.4 Å². The lowest BCUT2D eigenvalue weighted by Crippen LogP contribution is -2.20. The summed E-state index contributed by atoms with van der Waals surface area (Å²) in [6.45, 7) is 0. The second-order valence-electron chi connectivity index (χ2n) is 5.23. The summed E-state index contributed by atoms with van der Waals surface area (Å²) in [5.74, 6) is 7.04. The molecule has 1 aromatic heterocycles. The third-order valence-corrected chi connectivity index (χ3v) is 3.91. The third-order valence-electron chi connectivity index (χ3n) is 3.91. The second kappa shape index (κ2) is 6.20. The molecule has 1 unspecified atom stereocenters. The fourth-order valence-electron chi connectivity index (χ4n) is 2.87. The molecule has 1 aliphatic carbocycles. The number of methoxy groups -OCH3 is 1. The summed E-state index contributed by atoms with van der Waals surface area (Å²) in [5, 5.41) is 0. The first-order chi connectivity index (χ1) is 10.3. The standard InChI is InChI=1S/C16H20N4O/c1-21-14(11-7-3-2-4-8-11)16-18-13-10-6-5-9-12(13)15(19-16)20-17/h2-4,7-8,14H,5-6,9-10,17H2,1H3,(H,18,19,20). The largest absolute Gasteiger partial charge is 0.369 e. The van der Waals surface area contributed by atoms with Crippen molar-refractivity contribution in [3.63, 3.8) is 0 Å². The van der Waals surface area contributed by atoms with Gasteiger partial charge in [-0.2, -0.15) is 0 Å². The van der Waals surface area contributed by atoms with Crippen LogP contribution in [0.5, 0.6) is 0 Å². The zero-order valence-electron chi connectivity index (χ0n) is 12.2. The van der Waals surface area contributed by atoms with Crippen LogP contribution in [0.25, 0.3) is 0 Å². The number of fused-ring (bicyclic) bond motifs is 1. The first kappa shape index (κ1) is 14.0. The average Bonchev–Trinajstić information content (AvgIpc) is 2.56. The lowest BCUT2D eigenvalue weighted by atomic mass is 9.96. The van der Waals surface area contributed by atoms with Crippen molar-refractivity contribution in [2.45, 2.75) is 31.8 Å². The van der Waals surface area contributed by atoms with E-state index in [0.717, 1.165) is 48.3 Å². The minimum atomic E-state index is -0.273. The SMILES string of the molecule is COC(c1ccccc1)c1nc2c(c(NN)n1)CCCC2. The van der Waals surface area contributed by atoms with Gasteiger partial charge < -0.3 is 10.2 Å². The van der Waals surface area contributed by atoms with Crippen LogP contribution >= 0.6 is 0 Å². The Bertz CT molecular complexity index is 598. The predicted octanol–water partition coefficient (Wildman–Crippen LogP) is 2.38. The number of benzene rings is 1. The predicted molar refractivity (Wildman–Crippen MR) is 81.8 cm³/mol. The summed E-state index contributed by atoms with van der Waals surface area (Å²) in [6.07, 6.45) is 4.02. The molecule has 1 heterocycles. The van der Waals surface area contributed by atoms with Gasteiger partial charge >= 0.3 is 0 Å². The minimum Gasteiger partial charge on any atom is -0.369 e. The van der Waals surface area contributed by atoms with Gasteiger partial charge in [-0.15, -0.1) is 0 Å². The van der Waals surface area contributed by atoms with E-state index in [1.54, 1.807) is 7.11 Å². The van der Waals surface area contributed by atoms with E-state index < -0.39 is 0 Å². The Morgan fingerprint density at radius 1 is 1.14 bits per heavy atom. The molecule has 0 amide bonds.